The van der Waals surface area contributed by atoms with Gasteiger partial charge in [-0.05, 0) is 43.4 Å². The van der Waals surface area contributed by atoms with Crippen molar-refractivity contribution >= 4 is 11.0 Å². The Balaban J connectivity index is 0.981. The Morgan fingerprint density at radius 3 is 2.66 bits per heavy atom. The fourth-order valence-electron chi connectivity index (χ4n) is 6.74. The molecule has 3 fully saturated rings. The number of aliphatic hydroxyl groups excluding tert-OH is 1. The minimum absolute atomic E-state index is 0.00794. The second kappa shape index (κ2) is 11.1. The molecule has 230 valence electrons. The van der Waals surface area contributed by atoms with Crippen molar-refractivity contribution < 1.29 is 23.0 Å². The topological polar surface area (TPSA) is 132 Å². The first-order valence-electron chi connectivity index (χ1n) is 14.8. The van der Waals surface area contributed by atoms with Gasteiger partial charge < -0.3 is 14.8 Å². The molecule has 14 heteroatoms. The van der Waals surface area contributed by atoms with Crippen LogP contribution in [0.3, 0.4) is 0 Å². The summed E-state index contributed by atoms with van der Waals surface area (Å²) >= 11 is 0. The number of alkyl halides is 3. The smallest absolute Gasteiger partial charge is 0.433 e. The van der Waals surface area contributed by atoms with Crippen LogP contribution in [-0.4, -0.2) is 89.1 Å². The molecule has 2 N–H and O–H groups in total. The van der Waals surface area contributed by atoms with Crippen LogP contribution in [0.4, 0.5) is 13.2 Å². The molecule has 0 spiro atoms. The number of H-pyrrole nitrogens is 1. The Hall–Kier alpha value is -4.06. The van der Waals surface area contributed by atoms with Crippen LogP contribution in [0, 0.1) is 11.3 Å². The van der Waals surface area contributed by atoms with Crippen molar-refractivity contribution in [2.45, 2.75) is 68.6 Å². The van der Waals surface area contributed by atoms with Crippen LogP contribution in [0.15, 0.2) is 43.1 Å². The zero-order valence-electron chi connectivity index (χ0n) is 23.9. The van der Waals surface area contributed by atoms with E-state index in [9.17, 15) is 23.5 Å². The summed E-state index contributed by atoms with van der Waals surface area (Å²) in [5, 5.41) is 24.7. The Labute approximate surface area is 251 Å². The number of nitriles is 1. The van der Waals surface area contributed by atoms with Crippen LogP contribution < -0.4 is 4.74 Å². The number of nitrogens with one attached hydrogen (secondary N) is 1. The van der Waals surface area contributed by atoms with Crippen LogP contribution >= 0.6 is 0 Å². The van der Waals surface area contributed by atoms with Gasteiger partial charge >= 0.3 is 6.18 Å². The van der Waals surface area contributed by atoms with Gasteiger partial charge in [-0.25, -0.2) is 15.0 Å². The first-order valence-corrected chi connectivity index (χ1v) is 14.8. The number of fused-ring (bicyclic) bond motifs is 1. The standard InChI is InChI=1S/C30H32F3N9O2/c31-30(32,33)25-9-19(12-40-14-22(43)15-40)10-26(39-25)44-23-3-1-21(2-4-23)41-16-29(17-41,6-7-34)42-13-20(11-38-42)27-24-5-8-35-28(24)37-18-36-27/h5,8-11,13,18,21-23,43H,1-4,6,12,14-17H2,(H,35,36,37)/t21-,23+. The van der Waals surface area contributed by atoms with E-state index >= 15 is 0 Å². The lowest BCUT2D eigenvalue weighted by molar-refractivity contribution is -0.141. The summed E-state index contributed by atoms with van der Waals surface area (Å²) < 4.78 is 48.6. The zero-order valence-corrected chi connectivity index (χ0v) is 23.9. The third-order valence-corrected chi connectivity index (χ3v) is 9.04. The number of β-amino-alcohol motifs (C(OH)–C–C–N with tert-alkyl or cyclic N) is 1. The largest absolute Gasteiger partial charge is 0.474 e. The molecule has 4 aromatic heterocycles. The van der Waals surface area contributed by atoms with E-state index in [1.54, 1.807) is 12.3 Å². The molecule has 1 aliphatic carbocycles. The predicted octanol–water partition coefficient (Wildman–Crippen LogP) is 3.73. The number of rotatable bonds is 8. The molecule has 0 atom stereocenters. The third-order valence-electron chi connectivity index (χ3n) is 9.04. The fraction of sp³-hybridized carbons (Fsp3) is 0.500. The molecule has 11 nitrogen and oxygen atoms in total. The van der Waals surface area contributed by atoms with Crippen molar-refractivity contribution in [3.05, 3.63) is 54.4 Å². The zero-order chi connectivity index (χ0) is 30.5. The Morgan fingerprint density at radius 2 is 1.93 bits per heavy atom. The molecule has 3 aliphatic rings. The van der Waals surface area contributed by atoms with E-state index in [2.05, 4.69) is 36.0 Å². The number of hydrogen-bond donors (Lipinski definition) is 2. The fourth-order valence-corrected chi connectivity index (χ4v) is 6.74. The molecular formula is C30H32F3N9O2. The van der Waals surface area contributed by atoms with Gasteiger partial charge in [0.05, 0.1) is 30.5 Å². The van der Waals surface area contributed by atoms with E-state index < -0.39 is 23.5 Å². The van der Waals surface area contributed by atoms with Crippen molar-refractivity contribution in [2.75, 3.05) is 26.2 Å². The molecule has 1 saturated carbocycles. The van der Waals surface area contributed by atoms with Gasteiger partial charge in [-0.3, -0.25) is 14.5 Å². The number of ether oxygens (including phenoxy) is 1. The number of halogens is 3. The molecule has 2 saturated heterocycles. The molecule has 2 aliphatic heterocycles. The van der Waals surface area contributed by atoms with Crippen molar-refractivity contribution in [1.82, 2.24) is 39.5 Å². The third kappa shape index (κ3) is 5.51. The van der Waals surface area contributed by atoms with E-state index in [4.69, 9.17) is 4.74 Å². The molecule has 0 aromatic carbocycles. The predicted molar refractivity (Wildman–Crippen MR) is 152 cm³/mol. The molecule has 0 unspecified atom stereocenters. The summed E-state index contributed by atoms with van der Waals surface area (Å²) in [6.07, 6.45) is 5.23. The van der Waals surface area contributed by atoms with Crippen LogP contribution in [0.25, 0.3) is 22.3 Å². The molecule has 6 heterocycles. The van der Waals surface area contributed by atoms with Crippen molar-refractivity contribution in [3.63, 3.8) is 0 Å². The number of aliphatic hydroxyl groups is 1. The molecule has 7 rings (SSSR count). The molecular weight excluding hydrogens is 575 g/mol. The molecule has 0 amide bonds. The number of hydrogen-bond acceptors (Lipinski definition) is 9. The van der Waals surface area contributed by atoms with Gasteiger partial charge in [0.2, 0.25) is 5.88 Å². The molecule has 44 heavy (non-hydrogen) atoms. The number of aromatic nitrogens is 6. The second-order valence-electron chi connectivity index (χ2n) is 12.2. The van der Waals surface area contributed by atoms with Gasteiger partial charge in [0.25, 0.3) is 0 Å². The number of likely N-dealkylation sites (tertiary alicyclic amines) is 2. The quantitative estimate of drug-likeness (QED) is 0.308. The second-order valence-corrected chi connectivity index (χ2v) is 12.2. The van der Waals surface area contributed by atoms with Crippen molar-refractivity contribution in [2.24, 2.45) is 0 Å². The first-order chi connectivity index (χ1) is 21.2. The van der Waals surface area contributed by atoms with Crippen LogP contribution in [0.1, 0.15) is 43.4 Å². The van der Waals surface area contributed by atoms with Gasteiger partial charge in [-0.2, -0.15) is 23.5 Å². The van der Waals surface area contributed by atoms with E-state index in [0.29, 0.717) is 63.6 Å². The average molecular weight is 608 g/mol. The van der Waals surface area contributed by atoms with E-state index in [-0.39, 0.29) is 12.0 Å². The maximum atomic E-state index is 13.6. The molecule has 0 radical (unpaired) electrons. The highest BCUT2D eigenvalue weighted by Gasteiger charge is 2.48. The Bertz CT molecular complexity index is 1680. The van der Waals surface area contributed by atoms with E-state index in [1.807, 2.05) is 28.0 Å². The minimum Gasteiger partial charge on any atom is -0.474 e. The highest BCUT2D eigenvalue weighted by atomic mass is 19.4. The highest BCUT2D eigenvalue weighted by Crippen LogP contribution is 2.39. The average Bonchev–Trinajstić information content (AvgIpc) is 3.64. The van der Waals surface area contributed by atoms with Gasteiger partial charge in [0, 0.05) is 68.2 Å². The van der Waals surface area contributed by atoms with Gasteiger partial charge in [0.15, 0.2) is 0 Å². The van der Waals surface area contributed by atoms with Crippen LogP contribution in [-0.2, 0) is 18.3 Å². The molecule has 4 aromatic rings. The summed E-state index contributed by atoms with van der Waals surface area (Å²) in [5.74, 6) is -0.00794. The summed E-state index contributed by atoms with van der Waals surface area (Å²) in [7, 11) is 0. The van der Waals surface area contributed by atoms with Crippen LogP contribution in [0.5, 0.6) is 5.88 Å². The Kier molecular flexibility index (Phi) is 7.26. The maximum absolute atomic E-state index is 13.6. The first kappa shape index (κ1) is 28.7. The number of pyridine rings is 1. The lowest BCUT2D eigenvalue weighted by Gasteiger charge is -2.53. The van der Waals surface area contributed by atoms with Gasteiger partial charge in [0.1, 0.15) is 29.3 Å². The van der Waals surface area contributed by atoms with Crippen LogP contribution in [0.2, 0.25) is 0 Å². The minimum atomic E-state index is -4.58. The lowest BCUT2D eigenvalue weighted by atomic mass is 9.82. The lowest BCUT2D eigenvalue weighted by Crippen LogP contribution is -2.65. The van der Waals surface area contributed by atoms with Crippen molar-refractivity contribution in [1.29, 1.82) is 5.26 Å². The SMILES string of the molecule is N#CCC1(n2cc(-c3ncnc4[nH]ccc34)cn2)CN([C@H]2CC[C@@H](Oc3cc(CN4CC(O)C4)cc(C(F)(F)F)n3)CC2)C1. The number of aromatic amines is 1. The maximum Gasteiger partial charge on any atom is 0.433 e. The van der Waals surface area contributed by atoms with E-state index in [1.165, 1.54) is 6.33 Å². The summed E-state index contributed by atoms with van der Waals surface area (Å²) in [4.78, 5) is 19.8. The highest BCUT2D eigenvalue weighted by molar-refractivity contribution is 5.90. The van der Waals surface area contributed by atoms with E-state index in [0.717, 1.165) is 41.2 Å². The van der Waals surface area contributed by atoms with Gasteiger partial charge in [-0.15, -0.1) is 0 Å². The summed E-state index contributed by atoms with van der Waals surface area (Å²) in [6, 6.07) is 7.20. The monoisotopic (exact) mass is 607 g/mol. The van der Waals surface area contributed by atoms with Crippen molar-refractivity contribution in [3.8, 4) is 23.2 Å². The van der Waals surface area contributed by atoms with Gasteiger partial charge in [-0.1, -0.05) is 0 Å². The Morgan fingerprint density at radius 1 is 1.14 bits per heavy atom. The number of nitrogens with zero attached hydrogens (tertiary/aromatic N) is 8. The summed E-state index contributed by atoms with van der Waals surface area (Å²) in [6.45, 7) is 2.56. The molecule has 0 bridgehead atoms. The summed E-state index contributed by atoms with van der Waals surface area (Å²) in [5.41, 5.74) is 1.46. The normalized spacial score (nSPS) is 22.8.